The summed E-state index contributed by atoms with van der Waals surface area (Å²) in [4.78, 5) is 0. The minimum Gasteiger partial charge on any atom is -0.313 e. The fraction of sp³-hybridized carbons (Fsp3) is 0.200. The average molecular weight is 377 g/mol. The van der Waals surface area contributed by atoms with E-state index in [-0.39, 0.29) is 11.9 Å². The third kappa shape index (κ3) is 3.73. The molecule has 0 spiro atoms. The Morgan fingerprint density at radius 3 is 2.55 bits per heavy atom. The molecule has 2 rings (SSSR count). The molecule has 0 heterocycles. The Morgan fingerprint density at radius 1 is 1.20 bits per heavy atom. The van der Waals surface area contributed by atoms with Crippen molar-refractivity contribution >= 4 is 39.1 Å². The van der Waals surface area contributed by atoms with Crippen LogP contribution in [0.5, 0.6) is 0 Å². The third-order valence-electron chi connectivity index (χ3n) is 3.13. The summed E-state index contributed by atoms with van der Waals surface area (Å²) in [6.45, 7) is 0. The number of hydrogen-bond donors (Lipinski definition) is 1. The summed E-state index contributed by atoms with van der Waals surface area (Å²) in [6.07, 6.45) is 0.663. The normalized spacial score (nSPS) is 12.4. The number of nitrogens with one attached hydrogen (secondary N) is 1. The van der Waals surface area contributed by atoms with Gasteiger partial charge in [-0.1, -0.05) is 51.3 Å². The molecule has 0 aliphatic carbocycles. The Labute approximate surface area is 136 Å². The molecule has 0 amide bonds. The van der Waals surface area contributed by atoms with Crippen molar-refractivity contribution in [3.05, 3.63) is 67.9 Å². The van der Waals surface area contributed by atoms with Gasteiger partial charge in [-0.15, -0.1) is 0 Å². The molecule has 1 atom stereocenters. The van der Waals surface area contributed by atoms with E-state index >= 15 is 0 Å². The molecule has 1 N–H and O–H groups in total. The van der Waals surface area contributed by atoms with Crippen LogP contribution in [0.3, 0.4) is 0 Å². The lowest BCUT2D eigenvalue weighted by Gasteiger charge is -2.19. The minimum atomic E-state index is -0.326. The second-order valence-corrected chi connectivity index (χ2v) is 6.14. The van der Waals surface area contributed by atoms with Crippen LogP contribution in [-0.2, 0) is 6.42 Å². The zero-order chi connectivity index (χ0) is 14.7. The van der Waals surface area contributed by atoms with Crippen LogP contribution in [-0.4, -0.2) is 7.05 Å². The second-order valence-electron chi connectivity index (χ2n) is 4.45. The van der Waals surface area contributed by atoms with E-state index < -0.39 is 0 Å². The maximum absolute atomic E-state index is 13.1. The molecule has 0 aromatic heterocycles. The quantitative estimate of drug-likeness (QED) is 0.753. The van der Waals surface area contributed by atoms with E-state index in [0.717, 1.165) is 15.6 Å². The number of hydrogen-bond acceptors (Lipinski definition) is 1. The zero-order valence-corrected chi connectivity index (χ0v) is 13.9. The van der Waals surface area contributed by atoms with E-state index in [1.807, 2.05) is 25.2 Å². The predicted octanol–water partition coefficient (Wildman–Crippen LogP) is 5.40. The van der Waals surface area contributed by atoms with Crippen LogP contribution in [0.1, 0.15) is 17.2 Å². The maximum Gasteiger partial charge on any atom is 0.124 e. The van der Waals surface area contributed by atoms with Crippen molar-refractivity contribution in [1.29, 1.82) is 0 Å². The van der Waals surface area contributed by atoms with Crippen molar-refractivity contribution in [2.24, 2.45) is 0 Å². The molecule has 0 saturated heterocycles. The fourth-order valence-corrected chi connectivity index (χ4v) is 3.26. The van der Waals surface area contributed by atoms with Gasteiger partial charge >= 0.3 is 0 Å². The van der Waals surface area contributed by atoms with Crippen molar-refractivity contribution < 1.29 is 4.39 Å². The van der Waals surface area contributed by atoms with Crippen molar-refractivity contribution in [2.45, 2.75) is 12.5 Å². The van der Waals surface area contributed by atoms with Crippen LogP contribution in [0.15, 0.2) is 40.9 Å². The van der Waals surface area contributed by atoms with Crippen LogP contribution in [0, 0.1) is 5.82 Å². The molecule has 0 aliphatic rings. The lowest BCUT2D eigenvalue weighted by molar-refractivity contribution is 0.587. The van der Waals surface area contributed by atoms with Gasteiger partial charge < -0.3 is 5.32 Å². The summed E-state index contributed by atoms with van der Waals surface area (Å²) in [7, 11) is 1.88. The Morgan fingerprint density at radius 2 is 1.95 bits per heavy atom. The molecule has 1 nitrogen and oxygen atoms in total. The summed E-state index contributed by atoms with van der Waals surface area (Å²) in [6, 6.07) is 10.2. The average Bonchev–Trinajstić information content (AvgIpc) is 2.39. The van der Waals surface area contributed by atoms with Crippen molar-refractivity contribution in [3.8, 4) is 0 Å². The van der Waals surface area contributed by atoms with E-state index in [2.05, 4.69) is 21.2 Å². The molecular weight excluding hydrogens is 364 g/mol. The van der Waals surface area contributed by atoms with Crippen LogP contribution in [0.2, 0.25) is 10.0 Å². The van der Waals surface area contributed by atoms with Gasteiger partial charge in [0.15, 0.2) is 0 Å². The van der Waals surface area contributed by atoms with Gasteiger partial charge in [-0.2, -0.15) is 0 Å². The van der Waals surface area contributed by atoms with Crippen LogP contribution < -0.4 is 5.32 Å². The smallest absolute Gasteiger partial charge is 0.124 e. The van der Waals surface area contributed by atoms with E-state index in [1.54, 1.807) is 6.07 Å². The lowest BCUT2D eigenvalue weighted by atomic mass is 9.99. The molecule has 0 aliphatic heterocycles. The molecular formula is C15H13BrCl2FN. The number of halogens is 4. The molecule has 106 valence electrons. The van der Waals surface area contributed by atoms with Gasteiger partial charge in [-0.3, -0.25) is 0 Å². The van der Waals surface area contributed by atoms with Gasteiger partial charge in [0.25, 0.3) is 0 Å². The predicted molar refractivity (Wildman–Crippen MR) is 86.1 cm³/mol. The second kappa shape index (κ2) is 6.90. The highest BCUT2D eigenvalue weighted by Crippen LogP contribution is 2.30. The van der Waals surface area contributed by atoms with E-state index in [0.29, 0.717) is 16.5 Å². The highest BCUT2D eigenvalue weighted by Gasteiger charge is 2.15. The summed E-state index contributed by atoms with van der Waals surface area (Å²) in [5.74, 6) is -0.326. The molecule has 20 heavy (non-hydrogen) atoms. The minimum absolute atomic E-state index is 0.0598. The van der Waals surface area contributed by atoms with Crippen LogP contribution in [0.4, 0.5) is 4.39 Å². The molecule has 1 unspecified atom stereocenters. The first-order valence-corrected chi connectivity index (χ1v) is 7.62. The summed E-state index contributed by atoms with van der Waals surface area (Å²) in [5, 5.41) is 4.36. The number of rotatable bonds is 4. The lowest BCUT2D eigenvalue weighted by Crippen LogP contribution is -2.19. The zero-order valence-electron chi connectivity index (χ0n) is 10.8. The van der Waals surface area contributed by atoms with Gasteiger partial charge in [-0.25, -0.2) is 4.39 Å². The first kappa shape index (κ1) is 15.8. The van der Waals surface area contributed by atoms with Crippen molar-refractivity contribution in [2.75, 3.05) is 7.05 Å². The van der Waals surface area contributed by atoms with Gasteiger partial charge in [0.05, 0.1) is 0 Å². The highest BCUT2D eigenvalue weighted by molar-refractivity contribution is 9.10. The Balaban J connectivity index is 2.28. The highest BCUT2D eigenvalue weighted by atomic mass is 79.9. The first-order valence-electron chi connectivity index (χ1n) is 6.07. The van der Waals surface area contributed by atoms with Crippen LogP contribution in [0.25, 0.3) is 0 Å². The largest absolute Gasteiger partial charge is 0.313 e. The van der Waals surface area contributed by atoms with Gasteiger partial charge in [0, 0.05) is 20.6 Å². The van der Waals surface area contributed by atoms with Crippen molar-refractivity contribution in [3.63, 3.8) is 0 Å². The SMILES string of the molecule is CNC(Cc1ccc(F)cc1Cl)c1ccc(Cl)cc1Br. The number of benzene rings is 2. The molecule has 5 heteroatoms. The summed E-state index contributed by atoms with van der Waals surface area (Å²) < 4.78 is 14.0. The van der Waals surface area contributed by atoms with Crippen LogP contribution >= 0.6 is 39.1 Å². The molecule has 0 saturated carbocycles. The Hall–Kier alpha value is -0.610. The standard InChI is InChI=1S/C15H13BrCl2FN/c1-20-15(12-5-3-10(17)7-13(12)16)6-9-2-4-11(19)8-14(9)18/h2-5,7-8,15,20H,6H2,1H3. The summed E-state index contributed by atoms with van der Waals surface area (Å²) in [5.41, 5.74) is 1.98. The fourth-order valence-electron chi connectivity index (χ4n) is 2.06. The van der Waals surface area contributed by atoms with E-state index in [4.69, 9.17) is 23.2 Å². The topological polar surface area (TPSA) is 12.0 Å². The molecule has 0 bridgehead atoms. The van der Waals surface area contributed by atoms with Gasteiger partial charge in [0.2, 0.25) is 0 Å². The first-order chi connectivity index (χ1) is 9.51. The molecule has 0 radical (unpaired) electrons. The van der Waals surface area contributed by atoms with E-state index in [1.165, 1.54) is 12.1 Å². The monoisotopic (exact) mass is 375 g/mol. The van der Waals surface area contributed by atoms with E-state index in [9.17, 15) is 4.39 Å². The molecule has 2 aromatic carbocycles. The number of likely N-dealkylation sites (N-methyl/N-ethyl adjacent to an activating group) is 1. The van der Waals surface area contributed by atoms with Gasteiger partial charge in [-0.05, 0) is 48.9 Å². The maximum atomic E-state index is 13.1. The van der Waals surface area contributed by atoms with Gasteiger partial charge in [0.1, 0.15) is 5.82 Å². The Bertz CT molecular complexity index is 619. The summed E-state index contributed by atoms with van der Waals surface area (Å²) >= 11 is 15.6. The molecule has 0 fully saturated rings. The Kier molecular flexibility index (Phi) is 5.44. The molecule has 2 aromatic rings. The third-order valence-corrected chi connectivity index (χ3v) is 4.40. The van der Waals surface area contributed by atoms with Crippen molar-refractivity contribution in [1.82, 2.24) is 5.32 Å².